The molecule has 0 saturated carbocycles. The second-order valence-corrected chi connectivity index (χ2v) is 7.92. The van der Waals surface area contributed by atoms with Gasteiger partial charge in [0, 0.05) is 18.1 Å². The molecule has 0 fully saturated rings. The van der Waals surface area contributed by atoms with Crippen molar-refractivity contribution in [2.75, 3.05) is 12.4 Å². The molecule has 0 aliphatic heterocycles. The quantitative estimate of drug-likeness (QED) is 0.438. The van der Waals surface area contributed by atoms with E-state index >= 15 is 0 Å². The molecule has 0 spiro atoms. The van der Waals surface area contributed by atoms with E-state index in [1.807, 2.05) is 53.2 Å². The zero-order valence-corrected chi connectivity index (χ0v) is 18.2. The van der Waals surface area contributed by atoms with Gasteiger partial charge in [-0.15, -0.1) is 0 Å². The van der Waals surface area contributed by atoms with Gasteiger partial charge in [-0.2, -0.15) is 5.10 Å². The monoisotopic (exact) mass is 424 g/mol. The number of fused-ring (bicyclic) bond motifs is 3. The minimum Gasteiger partial charge on any atom is -0.497 e. The van der Waals surface area contributed by atoms with Crippen LogP contribution in [-0.2, 0) is 7.05 Å². The van der Waals surface area contributed by atoms with E-state index in [0.717, 1.165) is 33.4 Å². The summed E-state index contributed by atoms with van der Waals surface area (Å²) in [7, 11) is 3.45. The molecular formula is C26H24N4O2. The van der Waals surface area contributed by atoms with Crippen molar-refractivity contribution in [3.63, 3.8) is 0 Å². The Kier molecular flexibility index (Phi) is 4.90. The molecule has 2 aromatic heterocycles. The van der Waals surface area contributed by atoms with E-state index < -0.39 is 0 Å². The average Bonchev–Trinajstić information content (AvgIpc) is 3.27. The van der Waals surface area contributed by atoms with Gasteiger partial charge in [0.1, 0.15) is 11.9 Å². The van der Waals surface area contributed by atoms with Crippen LogP contribution in [0.3, 0.4) is 0 Å². The van der Waals surface area contributed by atoms with Crippen LogP contribution in [0.25, 0.3) is 21.8 Å². The van der Waals surface area contributed by atoms with Gasteiger partial charge in [-0.1, -0.05) is 48.0 Å². The number of pyridine rings is 1. The normalized spacial score (nSPS) is 12.2. The Morgan fingerprint density at radius 1 is 0.938 bits per heavy atom. The largest absolute Gasteiger partial charge is 0.497 e. The summed E-state index contributed by atoms with van der Waals surface area (Å²) in [5.41, 5.74) is 4.78. The molecule has 3 aromatic carbocycles. The lowest BCUT2D eigenvalue weighted by Gasteiger charge is -2.23. The predicted molar refractivity (Wildman–Crippen MR) is 128 cm³/mol. The third-order valence-electron chi connectivity index (χ3n) is 5.88. The minimum absolute atomic E-state index is 0.0583. The first-order chi connectivity index (χ1) is 15.6. The number of para-hydroxylation sites is 1. The summed E-state index contributed by atoms with van der Waals surface area (Å²) in [4.78, 5) is 13.1. The van der Waals surface area contributed by atoms with Crippen LogP contribution < -0.4 is 15.6 Å². The highest BCUT2D eigenvalue weighted by atomic mass is 16.5. The van der Waals surface area contributed by atoms with Crippen LogP contribution >= 0.6 is 0 Å². The predicted octanol–water partition coefficient (Wildman–Crippen LogP) is 4.86. The van der Waals surface area contributed by atoms with E-state index in [1.165, 1.54) is 5.56 Å². The molecule has 0 amide bonds. The van der Waals surface area contributed by atoms with Gasteiger partial charge in [-0.25, -0.2) is 4.68 Å². The fraction of sp³-hybridized carbons (Fsp3) is 0.154. The van der Waals surface area contributed by atoms with E-state index in [4.69, 9.17) is 9.84 Å². The van der Waals surface area contributed by atoms with Crippen LogP contribution in [0, 0.1) is 6.92 Å². The Labute approximate surface area is 185 Å². The number of anilines is 1. The van der Waals surface area contributed by atoms with Crippen LogP contribution in [0.5, 0.6) is 5.75 Å². The molecule has 6 heteroatoms. The lowest BCUT2D eigenvalue weighted by molar-refractivity contribution is 0.415. The van der Waals surface area contributed by atoms with Crippen molar-refractivity contribution in [1.29, 1.82) is 0 Å². The highest BCUT2D eigenvalue weighted by Gasteiger charge is 2.21. The lowest BCUT2D eigenvalue weighted by Crippen LogP contribution is -2.22. The van der Waals surface area contributed by atoms with E-state index in [0.29, 0.717) is 5.39 Å². The molecule has 0 radical (unpaired) electrons. The first kappa shape index (κ1) is 19.9. The first-order valence-electron chi connectivity index (χ1n) is 10.5. The number of aryl methyl sites for hydroxylation is 2. The van der Waals surface area contributed by atoms with Crippen LogP contribution in [0.15, 0.2) is 83.8 Å². The molecular weight excluding hydrogens is 400 g/mol. The van der Waals surface area contributed by atoms with Crippen LogP contribution in [0.2, 0.25) is 0 Å². The van der Waals surface area contributed by atoms with E-state index in [-0.39, 0.29) is 11.7 Å². The average molecular weight is 425 g/mol. The molecule has 1 atom stereocenters. The second-order valence-electron chi connectivity index (χ2n) is 7.92. The van der Waals surface area contributed by atoms with Crippen molar-refractivity contribution in [2.45, 2.75) is 13.1 Å². The molecule has 0 unspecified atom stereocenters. The van der Waals surface area contributed by atoms with E-state index in [9.17, 15) is 4.79 Å². The molecule has 0 bridgehead atoms. The second kappa shape index (κ2) is 7.89. The molecule has 0 aliphatic rings. The Morgan fingerprint density at radius 2 is 1.66 bits per heavy atom. The van der Waals surface area contributed by atoms with Crippen LogP contribution in [0.4, 0.5) is 5.69 Å². The maximum absolute atomic E-state index is 13.1. The number of nitrogens with one attached hydrogen (secondary N) is 1. The minimum atomic E-state index is -0.308. The van der Waals surface area contributed by atoms with Gasteiger partial charge in [0.05, 0.1) is 29.7 Å². The fourth-order valence-electron chi connectivity index (χ4n) is 4.12. The molecule has 0 aliphatic carbocycles. The first-order valence-corrected chi connectivity index (χ1v) is 10.5. The molecule has 2 heterocycles. The fourth-order valence-corrected chi connectivity index (χ4v) is 4.12. The van der Waals surface area contributed by atoms with Gasteiger partial charge in [-0.3, -0.25) is 4.79 Å². The smallest absolute Gasteiger partial charge is 0.261 e. The topological polar surface area (TPSA) is 61.1 Å². The molecule has 5 aromatic rings. The zero-order valence-electron chi connectivity index (χ0n) is 18.2. The van der Waals surface area contributed by atoms with Crippen molar-refractivity contribution >= 4 is 27.5 Å². The van der Waals surface area contributed by atoms with E-state index in [1.54, 1.807) is 24.9 Å². The molecule has 1 N–H and O–H groups in total. The third kappa shape index (κ3) is 3.30. The van der Waals surface area contributed by atoms with Gasteiger partial charge in [-0.05, 0) is 42.8 Å². The maximum Gasteiger partial charge on any atom is 0.261 e. The molecule has 6 nitrogen and oxygen atoms in total. The summed E-state index contributed by atoms with van der Waals surface area (Å²) in [5.74, 6) is 0.793. The Balaban J connectivity index is 1.74. The summed E-state index contributed by atoms with van der Waals surface area (Å²) >= 11 is 0. The standard InChI is InChI=1S/C26H24N4O2/c1-17-8-10-18(11-9-17)25(28-19-12-14-20(32-3)15-13-19)30-24-21-6-4-5-7-23(21)29(2)26(31)22(24)16-27-30/h4-16,25,28H,1-3H3/t25-/m1/s1. The molecule has 0 saturated heterocycles. The van der Waals surface area contributed by atoms with Gasteiger partial charge in [0.15, 0.2) is 0 Å². The highest BCUT2D eigenvalue weighted by molar-refractivity contribution is 6.03. The number of nitrogens with zero attached hydrogens (tertiary/aromatic N) is 3. The zero-order chi connectivity index (χ0) is 22.2. The van der Waals surface area contributed by atoms with Gasteiger partial charge in [0.25, 0.3) is 5.56 Å². The summed E-state index contributed by atoms with van der Waals surface area (Å²) in [6, 6.07) is 24.1. The van der Waals surface area contributed by atoms with Crippen molar-refractivity contribution in [3.05, 3.63) is 100 Å². The Bertz CT molecular complexity index is 1460. The number of benzene rings is 3. The van der Waals surface area contributed by atoms with Gasteiger partial charge >= 0.3 is 0 Å². The third-order valence-corrected chi connectivity index (χ3v) is 5.88. The highest BCUT2D eigenvalue weighted by Crippen LogP contribution is 2.29. The summed E-state index contributed by atoms with van der Waals surface area (Å²) in [6.07, 6.45) is 1.36. The lowest BCUT2D eigenvalue weighted by atomic mass is 10.1. The number of rotatable bonds is 5. The molecule has 32 heavy (non-hydrogen) atoms. The molecule has 160 valence electrons. The SMILES string of the molecule is COc1ccc(N[C@@H](c2ccc(C)cc2)n2ncc3c(=O)n(C)c4ccccc4c32)cc1. The summed E-state index contributed by atoms with van der Waals surface area (Å²) in [5, 5.41) is 9.87. The number of methoxy groups -OCH3 is 1. The van der Waals surface area contributed by atoms with Gasteiger partial charge in [0.2, 0.25) is 0 Å². The van der Waals surface area contributed by atoms with Crippen molar-refractivity contribution in [3.8, 4) is 5.75 Å². The summed E-state index contributed by atoms with van der Waals surface area (Å²) in [6.45, 7) is 2.07. The van der Waals surface area contributed by atoms with Gasteiger partial charge < -0.3 is 14.6 Å². The summed E-state index contributed by atoms with van der Waals surface area (Å²) < 4.78 is 8.88. The number of hydrogen-bond acceptors (Lipinski definition) is 4. The maximum atomic E-state index is 13.1. The van der Waals surface area contributed by atoms with Crippen LogP contribution in [-0.4, -0.2) is 21.5 Å². The van der Waals surface area contributed by atoms with E-state index in [2.05, 4.69) is 36.5 Å². The van der Waals surface area contributed by atoms with Crippen molar-refractivity contribution in [1.82, 2.24) is 14.3 Å². The van der Waals surface area contributed by atoms with Crippen molar-refractivity contribution in [2.24, 2.45) is 7.05 Å². The van der Waals surface area contributed by atoms with Crippen molar-refractivity contribution < 1.29 is 4.74 Å². The Morgan fingerprint density at radius 3 is 2.38 bits per heavy atom. The van der Waals surface area contributed by atoms with Crippen LogP contribution in [0.1, 0.15) is 17.3 Å². The Hall–Kier alpha value is -4.06. The number of hydrogen-bond donors (Lipinski definition) is 1. The molecule has 5 rings (SSSR count). The number of aromatic nitrogens is 3. The number of ether oxygens (including phenoxy) is 1.